The number of carbonyl (C=O) groups is 1. The fraction of sp³-hybridized carbons (Fsp3) is 0.765. The summed E-state index contributed by atoms with van der Waals surface area (Å²) in [6, 6.07) is -0.0237. The summed E-state index contributed by atoms with van der Waals surface area (Å²) >= 11 is 0. The molecule has 8 nitrogen and oxygen atoms in total. The standard InChI is InChI=1S/C17H29N5O3S/c1-4-16-18-8-10-20(16)9-7-17(23)22-12-14-5-6-15(22)13-21(11-14)26(24,25)19(2)3/h8,10,14-15H,4-7,9,11-13H2,1-3H3/t14-,15+/m0/s1. The van der Waals surface area contributed by atoms with E-state index in [-0.39, 0.29) is 17.9 Å². The van der Waals surface area contributed by atoms with Gasteiger partial charge in [0.15, 0.2) is 0 Å². The molecule has 146 valence electrons. The third-order valence-corrected chi connectivity index (χ3v) is 7.35. The summed E-state index contributed by atoms with van der Waals surface area (Å²) in [5.41, 5.74) is 0. The van der Waals surface area contributed by atoms with E-state index in [1.54, 1.807) is 24.6 Å². The first-order valence-corrected chi connectivity index (χ1v) is 10.7. The van der Waals surface area contributed by atoms with Gasteiger partial charge in [0.25, 0.3) is 10.2 Å². The Hall–Kier alpha value is -1.45. The van der Waals surface area contributed by atoms with Gasteiger partial charge >= 0.3 is 0 Å². The Labute approximate surface area is 156 Å². The molecule has 0 saturated carbocycles. The minimum atomic E-state index is -3.44. The topological polar surface area (TPSA) is 78.8 Å². The van der Waals surface area contributed by atoms with Gasteiger partial charge in [-0.3, -0.25) is 4.79 Å². The number of hydrogen-bond donors (Lipinski definition) is 0. The lowest BCUT2D eigenvalue weighted by atomic mass is 9.95. The van der Waals surface area contributed by atoms with Gasteiger partial charge in [-0.05, 0) is 18.8 Å². The maximum atomic E-state index is 12.8. The average molecular weight is 384 g/mol. The molecule has 3 saturated heterocycles. The lowest BCUT2D eigenvalue weighted by Crippen LogP contribution is -2.48. The van der Waals surface area contributed by atoms with E-state index in [9.17, 15) is 13.2 Å². The van der Waals surface area contributed by atoms with E-state index in [0.717, 1.165) is 25.1 Å². The lowest BCUT2D eigenvalue weighted by Gasteiger charge is -2.36. The van der Waals surface area contributed by atoms with E-state index in [4.69, 9.17) is 0 Å². The van der Waals surface area contributed by atoms with Crippen molar-refractivity contribution < 1.29 is 13.2 Å². The second kappa shape index (κ2) is 7.66. The molecule has 1 amide bonds. The molecule has 2 bridgehead atoms. The van der Waals surface area contributed by atoms with Crippen LogP contribution in [0.3, 0.4) is 0 Å². The fourth-order valence-corrected chi connectivity index (χ4v) is 5.20. The van der Waals surface area contributed by atoms with Gasteiger partial charge in [0.1, 0.15) is 5.82 Å². The highest BCUT2D eigenvalue weighted by Gasteiger charge is 2.41. The number of amides is 1. The molecule has 3 fully saturated rings. The maximum Gasteiger partial charge on any atom is 0.281 e. The van der Waals surface area contributed by atoms with Gasteiger partial charge in [-0.1, -0.05) is 6.92 Å². The highest BCUT2D eigenvalue weighted by molar-refractivity contribution is 7.86. The molecule has 0 unspecified atom stereocenters. The van der Waals surface area contributed by atoms with Gasteiger partial charge in [-0.15, -0.1) is 0 Å². The van der Waals surface area contributed by atoms with Crippen LogP contribution in [0, 0.1) is 5.92 Å². The summed E-state index contributed by atoms with van der Waals surface area (Å²) in [6.45, 7) is 4.23. The zero-order valence-corrected chi connectivity index (χ0v) is 16.7. The van der Waals surface area contributed by atoms with Crippen LogP contribution in [0.2, 0.25) is 0 Å². The zero-order chi connectivity index (χ0) is 18.9. The van der Waals surface area contributed by atoms with E-state index in [0.29, 0.717) is 32.6 Å². The molecule has 4 rings (SSSR count). The van der Waals surface area contributed by atoms with Crippen molar-refractivity contribution in [3.8, 4) is 0 Å². The van der Waals surface area contributed by atoms with Gasteiger partial charge in [-0.25, -0.2) is 4.98 Å². The Kier molecular flexibility index (Phi) is 5.69. The van der Waals surface area contributed by atoms with Crippen LogP contribution in [0.5, 0.6) is 0 Å². The maximum absolute atomic E-state index is 12.8. The van der Waals surface area contributed by atoms with Crippen LogP contribution >= 0.6 is 0 Å². The Morgan fingerprint density at radius 1 is 1.27 bits per heavy atom. The van der Waals surface area contributed by atoms with Crippen molar-refractivity contribution in [2.45, 2.75) is 45.2 Å². The third-order valence-electron chi connectivity index (χ3n) is 5.47. The van der Waals surface area contributed by atoms with Gasteiger partial charge < -0.3 is 9.47 Å². The summed E-state index contributed by atoms with van der Waals surface area (Å²) in [6.07, 6.45) is 6.80. The summed E-state index contributed by atoms with van der Waals surface area (Å²) in [7, 11) is -0.325. The van der Waals surface area contributed by atoms with Gasteiger partial charge in [0.2, 0.25) is 5.91 Å². The van der Waals surface area contributed by atoms with Gasteiger partial charge in [0.05, 0.1) is 0 Å². The molecule has 0 N–H and O–H groups in total. The minimum Gasteiger partial charge on any atom is -0.338 e. The quantitative estimate of drug-likeness (QED) is 0.719. The van der Waals surface area contributed by atoms with Crippen LogP contribution < -0.4 is 0 Å². The number of piperidine rings is 1. The normalized spacial score (nSPS) is 24.2. The van der Waals surface area contributed by atoms with Crippen LogP contribution in [-0.4, -0.2) is 77.2 Å². The Morgan fingerprint density at radius 2 is 2.04 bits per heavy atom. The molecular formula is C17H29N5O3S. The minimum absolute atomic E-state index is 0.0237. The molecule has 0 aliphatic carbocycles. The Bertz CT molecular complexity index is 745. The molecule has 2 atom stereocenters. The molecule has 4 heterocycles. The monoisotopic (exact) mass is 383 g/mol. The molecule has 9 heteroatoms. The molecule has 1 aromatic heterocycles. The van der Waals surface area contributed by atoms with Crippen molar-refractivity contribution in [1.29, 1.82) is 0 Å². The summed E-state index contributed by atoms with van der Waals surface area (Å²) < 4.78 is 29.9. The van der Waals surface area contributed by atoms with Gasteiger partial charge in [0, 0.05) is 71.6 Å². The Morgan fingerprint density at radius 3 is 2.73 bits per heavy atom. The SMILES string of the molecule is CCc1nccn1CCC(=O)N1C[C@H]2CC[C@@H]1CN(S(=O)(=O)N(C)C)C2. The molecule has 0 aromatic carbocycles. The highest BCUT2D eigenvalue weighted by Crippen LogP contribution is 2.30. The van der Waals surface area contributed by atoms with Crippen LogP contribution in [0.4, 0.5) is 0 Å². The first kappa shape index (κ1) is 19.3. The van der Waals surface area contributed by atoms with Crippen LogP contribution in [-0.2, 0) is 28.0 Å². The predicted molar refractivity (Wildman–Crippen MR) is 98.6 cm³/mol. The number of carbonyl (C=O) groups excluding carboxylic acids is 1. The molecule has 26 heavy (non-hydrogen) atoms. The van der Waals surface area contributed by atoms with E-state index in [1.165, 1.54) is 4.31 Å². The number of aromatic nitrogens is 2. The summed E-state index contributed by atoms with van der Waals surface area (Å²) in [4.78, 5) is 19.0. The van der Waals surface area contributed by atoms with E-state index < -0.39 is 10.2 Å². The molecule has 0 spiro atoms. The summed E-state index contributed by atoms with van der Waals surface area (Å²) in [5, 5.41) is 0. The first-order valence-electron chi connectivity index (χ1n) is 9.30. The van der Waals surface area contributed by atoms with Crippen LogP contribution in [0.25, 0.3) is 0 Å². The molecule has 3 aliphatic heterocycles. The van der Waals surface area contributed by atoms with Crippen LogP contribution in [0.1, 0.15) is 32.0 Å². The van der Waals surface area contributed by atoms with Crippen molar-refractivity contribution in [3.05, 3.63) is 18.2 Å². The van der Waals surface area contributed by atoms with E-state index in [1.807, 2.05) is 22.6 Å². The predicted octanol–water partition coefficient (Wildman–Crippen LogP) is 0.565. The average Bonchev–Trinajstić information content (AvgIpc) is 2.86. The van der Waals surface area contributed by atoms with E-state index >= 15 is 0 Å². The number of hydrogen-bond acceptors (Lipinski definition) is 4. The number of aryl methyl sites for hydroxylation is 2. The Balaban J connectivity index is 1.67. The number of imidazole rings is 1. The number of nitrogens with zero attached hydrogens (tertiary/aromatic N) is 5. The highest BCUT2D eigenvalue weighted by atomic mass is 32.2. The number of rotatable bonds is 6. The van der Waals surface area contributed by atoms with Gasteiger partial charge in [-0.2, -0.15) is 17.0 Å². The first-order chi connectivity index (χ1) is 12.3. The molecular weight excluding hydrogens is 354 g/mol. The summed E-state index contributed by atoms with van der Waals surface area (Å²) in [5.74, 6) is 1.31. The lowest BCUT2D eigenvalue weighted by molar-refractivity contribution is -0.135. The zero-order valence-electron chi connectivity index (χ0n) is 15.8. The molecule has 3 aliphatic rings. The number of fused-ring (bicyclic) bond motifs is 4. The van der Waals surface area contributed by atoms with Crippen molar-refractivity contribution in [3.63, 3.8) is 0 Å². The van der Waals surface area contributed by atoms with Crippen molar-refractivity contribution >= 4 is 16.1 Å². The van der Waals surface area contributed by atoms with Crippen molar-refractivity contribution in [2.75, 3.05) is 33.7 Å². The van der Waals surface area contributed by atoms with Crippen molar-refractivity contribution in [2.24, 2.45) is 5.92 Å². The second-order valence-electron chi connectivity index (χ2n) is 7.39. The second-order valence-corrected chi connectivity index (χ2v) is 9.53. The largest absolute Gasteiger partial charge is 0.338 e. The van der Waals surface area contributed by atoms with Crippen LogP contribution in [0.15, 0.2) is 12.4 Å². The van der Waals surface area contributed by atoms with Crippen molar-refractivity contribution in [1.82, 2.24) is 23.1 Å². The molecule has 0 radical (unpaired) electrons. The van der Waals surface area contributed by atoms with E-state index in [2.05, 4.69) is 4.98 Å². The smallest absolute Gasteiger partial charge is 0.281 e. The third kappa shape index (κ3) is 3.79. The molecule has 1 aromatic rings. The fourth-order valence-electron chi connectivity index (χ4n) is 3.98.